The molecule has 2 aromatic rings. The lowest BCUT2D eigenvalue weighted by atomic mass is 9.96. The molecule has 0 bridgehead atoms. The molecule has 0 aliphatic carbocycles. The van der Waals surface area contributed by atoms with E-state index in [4.69, 9.17) is 4.74 Å². The van der Waals surface area contributed by atoms with Gasteiger partial charge in [-0.15, -0.1) is 11.3 Å². The highest BCUT2D eigenvalue weighted by molar-refractivity contribution is 7.15. The molecule has 120 valence electrons. The largest absolute Gasteiger partial charge is 0.492 e. The van der Waals surface area contributed by atoms with Crippen LogP contribution in [-0.2, 0) is 24.2 Å². The van der Waals surface area contributed by atoms with Gasteiger partial charge in [0.2, 0.25) is 5.91 Å². The Morgan fingerprint density at radius 3 is 3.22 bits per heavy atom. The van der Waals surface area contributed by atoms with E-state index in [9.17, 15) is 4.79 Å². The molecular weight excluding hydrogens is 310 g/mol. The summed E-state index contributed by atoms with van der Waals surface area (Å²) in [6.07, 6.45) is 1.67. The van der Waals surface area contributed by atoms with Gasteiger partial charge < -0.3 is 15.0 Å². The lowest BCUT2D eigenvalue weighted by molar-refractivity contribution is -0.121. The van der Waals surface area contributed by atoms with Crippen molar-refractivity contribution in [3.63, 3.8) is 0 Å². The van der Waals surface area contributed by atoms with Crippen molar-refractivity contribution in [2.75, 3.05) is 25.5 Å². The van der Waals surface area contributed by atoms with Gasteiger partial charge in [-0.2, -0.15) is 0 Å². The molecule has 5 nitrogen and oxygen atoms in total. The number of carbonyl (C=O) groups is 1. The molecule has 1 atom stereocenters. The van der Waals surface area contributed by atoms with Crippen LogP contribution in [-0.4, -0.2) is 36.0 Å². The van der Waals surface area contributed by atoms with E-state index < -0.39 is 0 Å². The zero-order valence-corrected chi connectivity index (χ0v) is 13.9. The second kappa shape index (κ2) is 5.94. The summed E-state index contributed by atoms with van der Waals surface area (Å²) >= 11 is 1.59. The van der Waals surface area contributed by atoms with E-state index in [0.29, 0.717) is 11.7 Å². The van der Waals surface area contributed by atoms with Crippen LogP contribution in [0.15, 0.2) is 24.3 Å². The fourth-order valence-electron chi connectivity index (χ4n) is 3.08. The first-order valence-corrected chi connectivity index (χ1v) is 8.69. The van der Waals surface area contributed by atoms with Crippen LogP contribution in [0.25, 0.3) is 0 Å². The van der Waals surface area contributed by atoms with Crippen LogP contribution in [0.1, 0.15) is 16.1 Å². The van der Waals surface area contributed by atoms with Crippen molar-refractivity contribution >= 4 is 22.4 Å². The van der Waals surface area contributed by atoms with Gasteiger partial charge in [-0.05, 0) is 25.1 Å². The number of anilines is 1. The summed E-state index contributed by atoms with van der Waals surface area (Å²) in [6.45, 7) is 2.37. The van der Waals surface area contributed by atoms with Crippen molar-refractivity contribution < 1.29 is 9.53 Å². The van der Waals surface area contributed by atoms with Gasteiger partial charge in [-0.25, -0.2) is 4.98 Å². The minimum absolute atomic E-state index is 0.000968. The summed E-state index contributed by atoms with van der Waals surface area (Å²) in [7, 11) is 2.11. The first kappa shape index (κ1) is 14.7. The third-order valence-corrected chi connectivity index (χ3v) is 5.40. The molecule has 1 N–H and O–H groups in total. The highest BCUT2D eigenvalue weighted by Crippen LogP contribution is 2.30. The molecule has 0 saturated heterocycles. The molecular formula is C17H19N3O2S. The Morgan fingerprint density at radius 1 is 1.43 bits per heavy atom. The fraction of sp³-hybridized carbons (Fsp3) is 0.412. The Labute approximate surface area is 139 Å². The normalized spacial score (nSPS) is 20.3. The molecule has 1 amide bonds. The molecule has 6 heteroatoms. The molecule has 23 heavy (non-hydrogen) atoms. The summed E-state index contributed by atoms with van der Waals surface area (Å²) in [4.78, 5) is 20.6. The van der Waals surface area contributed by atoms with Crippen molar-refractivity contribution in [2.24, 2.45) is 5.92 Å². The lowest BCUT2D eigenvalue weighted by Crippen LogP contribution is -2.32. The monoisotopic (exact) mass is 329 g/mol. The first-order chi connectivity index (χ1) is 11.2. The molecule has 0 unspecified atom stereocenters. The third kappa shape index (κ3) is 2.96. The predicted octanol–water partition coefficient (Wildman–Crippen LogP) is 2.32. The summed E-state index contributed by atoms with van der Waals surface area (Å²) < 4.78 is 5.71. The summed E-state index contributed by atoms with van der Waals surface area (Å²) in [5.74, 6) is 0.733. The zero-order valence-electron chi connectivity index (χ0n) is 13.0. The van der Waals surface area contributed by atoms with Gasteiger partial charge >= 0.3 is 0 Å². The molecule has 2 aliphatic rings. The Hall–Kier alpha value is -1.92. The van der Waals surface area contributed by atoms with Crippen molar-refractivity contribution in [1.82, 2.24) is 9.88 Å². The second-order valence-electron chi connectivity index (χ2n) is 6.19. The predicted molar refractivity (Wildman–Crippen MR) is 89.9 cm³/mol. The van der Waals surface area contributed by atoms with Gasteiger partial charge in [0.05, 0.1) is 11.6 Å². The Balaban J connectivity index is 1.45. The average Bonchev–Trinajstić information content (AvgIpc) is 2.95. The number of nitrogens with one attached hydrogen (secondary N) is 1. The Morgan fingerprint density at radius 2 is 2.30 bits per heavy atom. The van der Waals surface area contributed by atoms with Gasteiger partial charge in [-0.1, -0.05) is 18.2 Å². The van der Waals surface area contributed by atoms with Gasteiger partial charge in [0.25, 0.3) is 0 Å². The molecule has 4 rings (SSSR count). The van der Waals surface area contributed by atoms with E-state index in [-0.39, 0.29) is 11.8 Å². The number of ether oxygens (including phenoxy) is 1. The van der Waals surface area contributed by atoms with Crippen LogP contribution in [0.4, 0.5) is 5.13 Å². The quantitative estimate of drug-likeness (QED) is 0.919. The summed E-state index contributed by atoms with van der Waals surface area (Å²) in [5, 5.41) is 3.70. The number of thiazole rings is 1. The summed E-state index contributed by atoms with van der Waals surface area (Å²) in [5.41, 5.74) is 2.23. The molecule has 0 saturated carbocycles. The number of aromatic nitrogens is 1. The minimum Gasteiger partial charge on any atom is -0.492 e. The second-order valence-corrected chi connectivity index (χ2v) is 7.27. The van der Waals surface area contributed by atoms with Crippen LogP contribution in [0.3, 0.4) is 0 Å². The molecule has 1 aromatic carbocycles. The van der Waals surface area contributed by atoms with Crippen molar-refractivity contribution in [2.45, 2.75) is 19.4 Å². The summed E-state index contributed by atoms with van der Waals surface area (Å²) in [6, 6.07) is 7.91. The minimum atomic E-state index is -0.159. The average molecular weight is 329 g/mol. The number of rotatable bonds is 2. The maximum Gasteiger partial charge on any atom is 0.233 e. The van der Waals surface area contributed by atoms with Crippen molar-refractivity contribution in [1.29, 1.82) is 0 Å². The van der Waals surface area contributed by atoms with Crippen LogP contribution in [0.2, 0.25) is 0 Å². The van der Waals surface area contributed by atoms with E-state index in [0.717, 1.165) is 42.9 Å². The molecule has 2 aliphatic heterocycles. The molecule has 0 spiro atoms. The van der Waals surface area contributed by atoms with Gasteiger partial charge in [0.1, 0.15) is 12.4 Å². The van der Waals surface area contributed by atoms with Crippen molar-refractivity contribution in [3.8, 4) is 5.75 Å². The highest BCUT2D eigenvalue weighted by atomic mass is 32.1. The molecule has 0 radical (unpaired) electrons. The van der Waals surface area contributed by atoms with Crippen molar-refractivity contribution in [3.05, 3.63) is 40.4 Å². The zero-order chi connectivity index (χ0) is 15.8. The smallest absolute Gasteiger partial charge is 0.233 e. The van der Waals surface area contributed by atoms with E-state index in [2.05, 4.69) is 22.2 Å². The standard InChI is InChI=1S/C17H19N3O2S/c1-20-7-6-13-15(9-20)23-17(18-13)19-16(21)12-8-11-4-2-3-5-14(11)22-10-12/h2-5,12H,6-10H2,1H3,(H,18,19,21)/t12-/m1/s1. The van der Waals surface area contributed by atoms with E-state index >= 15 is 0 Å². The topological polar surface area (TPSA) is 54.5 Å². The number of carbonyl (C=O) groups excluding carboxylic acids is 1. The molecule has 1 aromatic heterocycles. The van der Waals surface area contributed by atoms with Gasteiger partial charge in [0.15, 0.2) is 5.13 Å². The first-order valence-electron chi connectivity index (χ1n) is 7.88. The van der Waals surface area contributed by atoms with Crippen LogP contribution in [0, 0.1) is 5.92 Å². The molecule has 3 heterocycles. The third-order valence-electron chi connectivity index (χ3n) is 4.40. The number of amides is 1. The van der Waals surface area contributed by atoms with Crippen LogP contribution < -0.4 is 10.1 Å². The number of hydrogen-bond acceptors (Lipinski definition) is 5. The van der Waals surface area contributed by atoms with E-state index in [1.165, 1.54) is 4.88 Å². The SMILES string of the molecule is CN1CCc2nc(NC(=O)[C@H]3COc4ccccc4C3)sc2C1. The van der Waals surface area contributed by atoms with E-state index in [1.807, 2.05) is 24.3 Å². The maximum absolute atomic E-state index is 12.5. The Kier molecular flexibility index (Phi) is 3.79. The number of nitrogens with zero attached hydrogens (tertiary/aromatic N) is 2. The number of benzene rings is 1. The molecule has 0 fully saturated rings. The number of fused-ring (bicyclic) bond motifs is 2. The number of likely N-dealkylation sites (N-methyl/N-ethyl adjacent to an activating group) is 1. The number of para-hydroxylation sites is 1. The van der Waals surface area contributed by atoms with Crippen LogP contribution in [0.5, 0.6) is 5.75 Å². The van der Waals surface area contributed by atoms with Gasteiger partial charge in [0, 0.05) is 24.4 Å². The van der Waals surface area contributed by atoms with Crippen LogP contribution >= 0.6 is 11.3 Å². The fourth-order valence-corrected chi connectivity index (χ4v) is 4.17. The Bertz CT molecular complexity index is 743. The highest BCUT2D eigenvalue weighted by Gasteiger charge is 2.27. The lowest BCUT2D eigenvalue weighted by Gasteiger charge is -2.24. The van der Waals surface area contributed by atoms with E-state index in [1.54, 1.807) is 11.3 Å². The van der Waals surface area contributed by atoms with Gasteiger partial charge in [-0.3, -0.25) is 4.79 Å². The maximum atomic E-state index is 12.5. The number of hydrogen-bond donors (Lipinski definition) is 1.